The van der Waals surface area contributed by atoms with Crippen molar-refractivity contribution in [2.75, 3.05) is 20.6 Å². The van der Waals surface area contributed by atoms with Crippen molar-refractivity contribution in [3.8, 4) is 0 Å². The molecule has 1 aromatic carbocycles. The molecule has 0 radical (unpaired) electrons. The quantitative estimate of drug-likeness (QED) is 0.912. The summed E-state index contributed by atoms with van der Waals surface area (Å²) in [6.45, 7) is 4.46. The number of para-hydroxylation sites is 1. The number of fused-ring (bicyclic) bond motifs is 1. The summed E-state index contributed by atoms with van der Waals surface area (Å²) in [6, 6.07) is 8.08. The molecule has 4 heteroatoms. The first-order valence-corrected chi connectivity index (χ1v) is 6.98. The average Bonchev–Trinajstić information content (AvgIpc) is 2.82. The van der Waals surface area contributed by atoms with Gasteiger partial charge in [0.05, 0.1) is 12.6 Å². The van der Waals surface area contributed by atoms with Gasteiger partial charge in [-0.2, -0.15) is 0 Å². The topological polar surface area (TPSA) is 45.5 Å². The van der Waals surface area contributed by atoms with E-state index in [1.165, 1.54) is 5.56 Å². The van der Waals surface area contributed by atoms with Gasteiger partial charge in [-0.25, -0.2) is 0 Å². The van der Waals surface area contributed by atoms with E-state index in [-0.39, 0.29) is 11.9 Å². The fourth-order valence-corrected chi connectivity index (χ4v) is 2.32. The SMILES string of the molecule is CCc1c(C(C)NCC(=O)N(C)C)oc2ccccc12. The van der Waals surface area contributed by atoms with Gasteiger partial charge in [-0.05, 0) is 19.4 Å². The van der Waals surface area contributed by atoms with E-state index in [4.69, 9.17) is 4.42 Å². The van der Waals surface area contributed by atoms with Gasteiger partial charge < -0.3 is 9.32 Å². The molecule has 0 bridgehead atoms. The molecular formula is C16H22N2O2. The van der Waals surface area contributed by atoms with Crippen LogP contribution in [-0.2, 0) is 11.2 Å². The first kappa shape index (κ1) is 14.6. The van der Waals surface area contributed by atoms with Gasteiger partial charge >= 0.3 is 0 Å². The molecule has 0 aliphatic heterocycles. The molecule has 1 aromatic heterocycles. The monoisotopic (exact) mass is 274 g/mol. The molecule has 108 valence electrons. The molecule has 0 aliphatic carbocycles. The number of amides is 1. The van der Waals surface area contributed by atoms with Crippen molar-refractivity contribution in [1.29, 1.82) is 0 Å². The minimum Gasteiger partial charge on any atom is -0.459 e. The third kappa shape index (κ3) is 2.85. The van der Waals surface area contributed by atoms with E-state index in [1.807, 2.05) is 25.1 Å². The molecule has 0 aliphatic rings. The largest absolute Gasteiger partial charge is 0.459 e. The normalized spacial score (nSPS) is 12.6. The number of rotatable bonds is 5. The smallest absolute Gasteiger partial charge is 0.236 e. The first-order chi connectivity index (χ1) is 9.54. The highest BCUT2D eigenvalue weighted by Gasteiger charge is 2.18. The Morgan fingerprint density at radius 3 is 2.70 bits per heavy atom. The molecule has 0 spiro atoms. The standard InChI is InChI=1S/C16H22N2O2/c1-5-12-13-8-6-7-9-14(13)20-16(12)11(2)17-10-15(19)18(3)4/h6-9,11,17H,5,10H2,1-4H3. The second-order valence-electron chi connectivity index (χ2n) is 5.19. The van der Waals surface area contributed by atoms with Gasteiger partial charge in [0.25, 0.3) is 0 Å². The highest BCUT2D eigenvalue weighted by atomic mass is 16.3. The molecule has 1 unspecified atom stereocenters. The maximum Gasteiger partial charge on any atom is 0.236 e. The lowest BCUT2D eigenvalue weighted by molar-refractivity contribution is -0.127. The van der Waals surface area contributed by atoms with Crippen molar-refractivity contribution >= 4 is 16.9 Å². The molecule has 1 atom stereocenters. The number of aryl methyl sites for hydroxylation is 1. The van der Waals surface area contributed by atoms with Crippen LogP contribution in [-0.4, -0.2) is 31.4 Å². The molecule has 2 rings (SSSR count). The van der Waals surface area contributed by atoms with Crippen LogP contribution in [0.25, 0.3) is 11.0 Å². The molecule has 0 saturated heterocycles. The summed E-state index contributed by atoms with van der Waals surface area (Å²) in [5.41, 5.74) is 2.13. The highest BCUT2D eigenvalue weighted by Crippen LogP contribution is 2.30. The number of furan rings is 1. The Hall–Kier alpha value is -1.81. The van der Waals surface area contributed by atoms with Crippen LogP contribution in [0.4, 0.5) is 0 Å². The Labute approximate surface area is 119 Å². The zero-order valence-electron chi connectivity index (χ0n) is 12.6. The average molecular weight is 274 g/mol. The van der Waals surface area contributed by atoms with Gasteiger partial charge in [0.2, 0.25) is 5.91 Å². The van der Waals surface area contributed by atoms with Crippen LogP contribution >= 0.6 is 0 Å². The number of benzene rings is 1. The minimum absolute atomic E-state index is 0.0150. The maximum atomic E-state index is 11.6. The Bertz CT molecular complexity index is 602. The van der Waals surface area contributed by atoms with Gasteiger partial charge in [-0.15, -0.1) is 0 Å². The lowest BCUT2D eigenvalue weighted by atomic mass is 10.1. The minimum atomic E-state index is 0.0150. The lowest BCUT2D eigenvalue weighted by Gasteiger charge is -2.15. The Kier molecular flexibility index (Phi) is 4.45. The van der Waals surface area contributed by atoms with Crippen molar-refractivity contribution in [2.24, 2.45) is 0 Å². The predicted octanol–water partition coefficient (Wildman–Crippen LogP) is 2.73. The number of likely N-dealkylation sites (N-methyl/N-ethyl adjacent to an activating group) is 1. The van der Waals surface area contributed by atoms with Gasteiger partial charge in [0, 0.05) is 25.0 Å². The molecule has 0 saturated carbocycles. The number of nitrogens with zero attached hydrogens (tertiary/aromatic N) is 1. The van der Waals surface area contributed by atoms with Crippen LogP contribution in [0.1, 0.15) is 31.2 Å². The van der Waals surface area contributed by atoms with Crippen molar-refractivity contribution in [2.45, 2.75) is 26.3 Å². The summed E-state index contributed by atoms with van der Waals surface area (Å²) in [5, 5.41) is 4.40. The molecule has 0 fully saturated rings. The number of carbonyl (C=O) groups is 1. The number of nitrogens with one attached hydrogen (secondary N) is 1. The maximum absolute atomic E-state index is 11.6. The van der Waals surface area contributed by atoms with E-state index in [0.717, 1.165) is 23.2 Å². The summed E-state index contributed by atoms with van der Waals surface area (Å²) in [5.74, 6) is 0.992. The van der Waals surface area contributed by atoms with E-state index < -0.39 is 0 Å². The third-order valence-corrected chi connectivity index (χ3v) is 3.53. The van der Waals surface area contributed by atoms with Crippen molar-refractivity contribution in [3.05, 3.63) is 35.6 Å². The van der Waals surface area contributed by atoms with E-state index in [2.05, 4.69) is 18.3 Å². The van der Waals surface area contributed by atoms with Gasteiger partial charge in [-0.3, -0.25) is 10.1 Å². The molecule has 4 nitrogen and oxygen atoms in total. The highest BCUT2D eigenvalue weighted by molar-refractivity contribution is 5.82. The van der Waals surface area contributed by atoms with E-state index in [9.17, 15) is 4.79 Å². The first-order valence-electron chi connectivity index (χ1n) is 6.98. The number of carbonyl (C=O) groups excluding carboxylic acids is 1. The van der Waals surface area contributed by atoms with E-state index in [0.29, 0.717) is 6.54 Å². The van der Waals surface area contributed by atoms with Gasteiger partial charge in [0.1, 0.15) is 11.3 Å². The Morgan fingerprint density at radius 1 is 1.35 bits per heavy atom. The fraction of sp³-hybridized carbons (Fsp3) is 0.438. The van der Waals surface area contributed by atoms with Crippen LogP contribution < -0.4 is 5.32 Å². The lowest BCUT2D eigenvalue weighted by Crippen LogP contribution is -2.34. The van der Waals surface area contributed by atoms with E-state index in [1.54, 1.807) is 19.0 Å². The summed E-state index contributed by atoms with van der Waals surface area (Å²) in [6.07, 6.45) is 0.917. The fourth-order valence-electron chi connectivity index (χ4n) is 2.32. The summed E-state index contributed by atoms with van der Waals surface area (Å²) in [7, 11) is 3.51. The van der Waals surface area contributed by atoms with Crippen LogP contribution in [0.3, 0.4) is 0 Å². The van der Waals surface area contributed by atoms with Crippen LogP contribution in [0, 0.1) is 0 Å². The molecule has 1 heterocycles. The van der Waals surface area contributed by atoms with Crippen molar-refractivity contribution < 1.29 is 9.21 Å². The van der Waals surface area contributed by atoms with E-state index >= 15 is 0 Å². The summed E-state index contributed by atoms with van der Waals surface area (Å²) < 4.78 is 5.96. The third-order valence-electron chi connectivity index (χ3n) is 3.53. The Morgan fingerprint density at radius 2 is 2.05 bits per heavy atom. The molecular weight excluding hydrogens is 252 g/mol. The van der Waals surface area contributed by atoms with Crippen molar-refractivity contribution in [1.82, 2.24) is 10.2 Å². The molecule has 20 heavy (non-hydrogen) atoms. The second-order valence-corrected chi connectivity index (χ2v) is 5.19. The molecule has 1 amide bonds. The molecule has 2 aromatic rings. The van der Waals surface area contributed by atoms with Crippen molar-refractivity contribution in [3.63, 3.8) is 0 Å². The molecule has 1 N–H and O–H groups in total. The zero-order valence-corrected chi connectivity index (χ0v) is 12.6. The van der Waals surface area contributed by atoms with Crippen LogP contribution in [0.2, 0.25) is 0 Å². The van der Waals surface area contributed by atoms with Crippen LogP contribution in [0.15, 0.2) is 28.7 Å². The van der Waals surface area contributed by atoms with Crippen LogP contribution in [0.5, 0.6) is 0 Å². The van der Waals surface area contributed by atoms with Gasteiger partial charge in [-0.1, -0.05) is 25.1 Å². The number of hydrogen-bond acceptors (Lipinski definition) is 3. The second kappa shape index (κ2) is 6.09. The summed E-state index contributed by atoms with van der Waals surface area (Å²) in [4.78, 5) is 13.2. The summed E-state index contributed by atoms with van der Waals surface area (Å²) >= 11 is 0. The Balaban J connectivity index is 2.21. The zero-order chi connectivity index (χ0) is 14.7. The predicted molar refractivity (Wildman–Crippen MR) is 80.7 cm³/mol. The number of hydrogen-bond donors (Lipinski definition) is 1. The van der Waals surface area contributed by atoms with Gasteiger partial charge in [0.15, 0.2) is 0 Å².